The van der Waals surface area contributed by atoms with Gasteiger partial charge >= 0.3 is 5.97 Å². The van der Waals surface area contributed by atoms with Crippen LogP contribution in [0.3, 0.4) is 0 Å². The molecule has 0 atom stereocenters. The van der Waals surface area contributed by atoms with Crippen LogP contribution in [0.4, 0.5) is 0 Å². The van der Waals surface area contributed by atoms with Gasteiger partial charge in [0.2, 0.25) is 0 Å². The first-order valence-corrected chi connectivity index (χ1v) is 7.13. The van der Waals surface area contributed by atoms with Gasteiger partial charge in [0.05, 0.1) is 5.69 Å². The van der Waals surface area contributed by atoms with Crippen molar-refractivity contribution in [1.82, 2.24) is 14.6 Å². The Kier molecular flexibility index (Phi) is 3.89. The highest BCUT2D eigenvalue weighted by molar-refractivity contribution is 6.01. The molecule has 0 saturated carbocycles. The average Bonchev–Trinajstić information content (AvgIpc) is 2.88. The molecule has 0 saturated heterocycles. The molecule has 0 aliphatic carbocycles. The summed E-state index contributed by atoms with van der Waals surface area (Å²) < 4.78 is 6.65. The fraction of sp³-hybridized carbons (Fsp3) is 0.176. The van der Waals surface area contributed by atoms with Gasteiger partial charge in [0.1, 0.15) is 5.56 Å². The van der Waals surface area contributed by atoms with Crippen molar-refractivity contribution >= 4 is 17.4 Å². The van der Waals surface area contributed by atoms with Crippen LogP contribution in [-0.4, -0.2) is 33.0 Å². The topological polar surface area (TPSA) is 73.6 Å². The van der Waals surface area contributed by atoms with E-state index in [1.165, 1.54) is 4.52 Å². The fourth-order valence-electron chi connectivity index (χ4n) is 2.26. The molecule has 0 fully saturated rings. The predicted octanol–water partition coefficient (Wildman–Crippen LogP) is 2.39. The lowest BCUT2D eigenvalue weighted by Crippen LogP contribution is -2.15. The van der Waals surface area contributed by atoms with Crippen molar-refractivity contribution in [3.8, 4) is 0 Å². The molecule has 0 unspecified atom stereocenters. The Hall–Kier alpha value is -3.02. The predicted molar refractivity (Wildman–Crippen MR) is 83.5 cm³/mol. The summed E-state index contributed by atoms with van der Waals surface area (Å²) in [5.41, 5.74) is 2.78. The van der Waals surface area contributed by atoms with Gasteiger partial charge in [-0.2, -0.15) is 5.10 Å². The first-order valence-electron chi connectivity index (χ1n) is 7.13. The number of aryl methyl sites for hydroxylation is 2. The monoisotopic (exact) mass is 309 g/mol. The molecule has 1 aromatic carbocycles. The van der Waals surface area contributed by atoms with Gasteiger partial charge in [0, 0.05) is 18.0 Å². The van der Waals surface area contributed by atoms with Crippen LogP contribution in [0.25, 0.3) is 5.65 Å². The minimum atomic E-state index is -0.600. The molecule has 2 heterocycles. The summed E-state index contributed by atoms with van der Waals surface area (Å²) in [5, 5.41) is 4.20. The number of hydrogen-bond acceptors (Lipinski definition) is 5. The van der Waals surface area contributed by atoms with Crippen molar-refractivity contribution in [3.05, 3.63) is 65.1 Å². The van der Waals surface area contributed by atoms with Crippen LogP contribution < -0.4 is 0 Å². The molecular weight excluding hydrogens is 294 g/mol. The Morgan fingerprint density at radius 2 is 1.91 bits per heavy atom. The summed E-state index contributed by atoms with van der Waals surface area (Å²) in [6, 6.07) is 8.83. The van der Waals surface area contributed by atoms with Gasteiger partial charge in [-0.25, -0.2) is 14.3 Å². The quantitative estimate of drug-likeness (QED) is 0.546. The smallest absolute Gasteiger partial charge is 0.344 e. The van der Waals surface area contributed by atoms with Gasteiger partial charge in [0.25, 0.3) is 0 Å². The van der Waals surface area contributed by atoms with E-state index in [4.69, 9.17) is 4.74 Å². The second-order valence-corrected chi connectivity index (χ2v) is 5.21. The molecule has 0 spiro atoms. The molecule has 0 N–H and O–H groups in total. The van der Waals surface area contributed by atoms with Crippen LogP contribution >= 0.6 is 0 Å². The number of aromatic nitrogens is 3. The van der Waals surface area contributed by atoms with Gasteiger partial charge in [-0.05, 0) is 19.9 Å². The molecule has 3 rings (SSSR count). The second-order valence-electron chi connectivity index (χ2n) is 5.21. The van der Waals surface area contributed by atoms with Crippen LogP contribution in [0.5, 0.6) is 0 Å². The van der Waals surface area contributed by atoms with Gasteiger partial charge in [-0.3, -0.25) is 4.79 Å². The van der Waals surface area contributed by atoms with E-state index < -0.39 is 5.97 Å². The summed E-state index contributed by atoms with van der Waals surface area (Å²) in [4.78, 5) is 28.5. The van der Waals surface area contributed by atoms with Crippen LogP contribution in [0.1, 0.15) is 32.0 Å². The van der Waals surface area contributed by atoms with Gasteiger partial charge in [-0.15, -0.1) is 0 Å². The molecule has 0 aliphatic rings. The summed E-state index contributed by atoms with van der Waals surface area (Å²) in [6.45, 7) is 3.33. The average molecular weight is 309 g/mol. The third-order valence-corrected chi connectivity index (χ3v) is 3.48. The zero-order valence-electron chi connectivity index (χ0n) is 12.8. The highest BCUT2D eigenvalue weighted by Crippen LogP contribution is 2.14. The molecule has 23 heavy (non-hydrogen) atoms. The fourth-order valence-corrected chi connectivity index (χ4v) is 2.26. The van der Waals surface area contributed by atoms with Crippen molar-refractivity contribution in [2.24, 2.45) is 0 Å². The van der Waals surface area contributed by atoms with E-state index in [-0.39, 0.29) is 18.0 Å². The molecule has 0 radical (unpaired) electrons. The second kappa shape index (κ2) is 6.00. The number of Topliss-reactive ketones (excluding diaryl/α,β-unsaturated/α-hetero) is 1. The number of rotatable bonds is 4. The number of benzene rings is 1. The summed E-state index contributed by atoms with van der Waals surface area (Å²) in [5.74, 6) is -0.850. The number of ether oxygens (including phenoxy) is 1. The molecule has 3 aromatic rings. The van der Waals surface area contributed by atoms with Gasteiger partial charge < -0.3 is 4.74 Å². The Morgan fingerprint density at radius 3 is 2.65 bits per heavy atom. The number of fused-ring (bicyclic) bond motifs is 1. The van der Waals surface area contributed by atoms with E-state index in [0.29, 0.717) is 16.9 Å². The Morgan fingerprint density at radius 1 is 1.17 bits per heavy atom. The van der Waals surface area contributed by atoms with Crippen molar-refractivity contribution in [1.29, 1.82) is 0 Å². The molecular formula is C17H15N3O3. The lowest BCUT2D eigenvalue weighted by Gasteiger charge is -2.04. The minimum absolute atomic E-state index is 0.250. The maximum atomic E-state index is 12.3. The van der Waals surface area contributed by atoms with E-state index in [0.717, 1.165) is 5.56 Å². The molecule has 6 nitrogen and oxygen atoms in total. The maximum absolute atomic E-state index is 12.3. The first-order chi connectivity index (χ1) is 11.1. The van der Waals surface area contributed by atoms with Crippen LogP contribution in [0, 0.1) is 13.8 Å². The third-order valence-electron chi connectivity index (χ3n) is 3.48. The van der Waals surface area contributed by atoms with Crippen molar-refractivity contribution in [2.75, 3.05) is 6.61 Å². The molecule has 6 heteroatoms. The van der Waals surface area contributed by atoms with E-state index in [2.05, 4.69) is 10.1 Å². The Bertz CT molecular complexity index is 882. The standard InChI is InChI=1S/C17H15N3O3/c1-11-4-6-13(7-5-11)14(21)10-23-17(22)15-12(2)19-20-9-3-8-18-16(15)20/h3-9H,10H2,1-2H3. The summed E-state index contributed by atoms with van der Waals surface area (Å²) in [6.07, 6.45) is 3.27. The zero-order valence-corrected chi connectivity index (χ0v) is 12.8. The summed E-state index contributed by atoms with van der Waals surface area (Å²) in [7, 11) is 0. The molecule has 0 amide bonds. The van der Waals surface area contributed by atoms with E-state index >= 15 is 0 Å². The zero-order chi connectivity index (χ0) is 16.4. The largest absolute Gasteiger partial charge is 0.454 e. The van der Waals surface area contributed by atoms with Crippen molar-refractivity contribution in [2.45, 2.75) is 13.8 Å². The maximum Gasteiger partial charge on any atom is 0.344 e. The van der Waals surface area contributed by atoms with Gasteiger partial charge in [-0.1, -0.05) is 29.8 Å². The van der Waals surface area contributed by atoms with Crippen LogP contribution in [-0.2, 0) is 4.74 Å². The number of nitrogens with zero attached hydrogens (tertiary/aromatic N) is 3. The number of carbonyl (C=O) groups excluding carboxylic acids is 2. The van der Waals surface area contributed by atoms with Crippen LogP contribution in [0.15, 0.2) is 42.7 Å². The van der Waals surface area contributed by atoms with Crippen molar-refractivity contribution < 1.29 is 14.3 Å². The third kappa shape index (κ3) is 2.96. The minimum Gasteiger partial charge on any atom is -0.454 e. The Labute approximate surface area is 132 Å². The Balaban J connectivity index is 1.75. The normalized spacial score (nSPS) is 10.7. The van der Waals surface area contributed by atoms with E-state index in [1.54, 1.807) is 37.5 Å². The lowest BCUT2D eigenvalue weighted by molar-refractivity contribution is 0.0475. The molecule has 0 bridgehead atoms. The highest BCUT2D eigenvalue weighted by Gasteiger charge is 2.20. The molecule has 116 valence electrons. The lowest BCUT2D eigenvalue weighted by atomic mass is 10.1. The molecule has 0 aliphatic heterocycles. The molecule has 2 aromatic heterocycles. The van der Waals surface area contributed by atoms with Gasteiger partial charge in [0.15, 0.2) is 18.0 Å². The van der Waals surface area contributed by atoms with E-state index in [9.17, 15) is 9.59 Å². The SMILES string of the molecule is Cc1ccc(C(=O)COC(=O)c2c(C)nn3cccnc23)cc1. The first kappa shape index (κ1) is 14.9. The van der Waals surface area contributed by atoms with Crippen LogP contribution in [0.2, 0.25) is 0 Å². The number of carbonyl (C=O) groups is 2. The summed E-state index contributed by atoms with van der Waals surface area (Å²) >= 11 is 0. The van der Waals surface area contributed by atoms with E-state index in [1.807, 2.05) is 19.1 Å². The van der Waals surface area contributed by atoms with Crippen molar-refractivity contribution in [3.63, 3.8) is 0 Å². The number of hydrogen-bond donors (Lipinski definition) is 0. The highest BCUT2D eigenvalue weighted by atomic mass is 16.5. The number of ketones is 1. The number of esters is 1.